The van der Waals surface area contributed by atoms with E-state index in [0.29, 0.717) is 36.5 Å². The molecule has 0 unspecified atom stereocenters. The van der Waals surface area contributed by atoms with Gasteiger partial charge in [-0.05, 0) is 131 Å². The fourth-order valence-electron chi connectivity index (χ4n) is 12.8. The summed E-state index contributed by atoms with van der Waals surface area (Å²) in [5, 5.41) is 36.4. The van der Waals surface area contributed by atoms with Crippen LogP contribution in [0.15, 0.2) is 71.7 Å². The monoisotopic (exact) mass is 1530 g/mol. The van der Waals surface area contributed by atoms with E-state index in [0.717, 1.165) is 32.5 Å². The number of rotatable bonds is 37. The fraction of sp³-hybridized carbons (Fsp3) is 0.514. The lowest BCUT2D eigenvalue weighted by Gasteiger charge is -2.37. The van der Waals surface area contributed by atoms with Gasteiger partial charge in [0.05, 0.1) is 87.5 Å². The second-order valence-electron chi connectivity index (χ2n) is 27.4. The topological polar surface area (TPSA) is 410 Å². The zero-order chi connectivity index (χ0) is 77.9. The number of ether oxygens (including phenoxy) is 6. The van der Waals surface area contributed by atoms with Gasteiger partial charge >= 0.3 is 36.0 Å². The third-order valence-corrected chi connectivity index (χ3v) is 18.5. The van der Waals surface area contributed by atoms with Crippen molar-refractivity contribution in [2.75, 3.05) is 70.7 Å². The Morgan fingerprint density at radius 3 is 2.12 bits per heavy atom. The van der Waals surface area contributed by atoms with Crippen LogP contribution in [0.4, 0.5) is 15.4 Å². The molecule has 3 aromatic heterocycles. The molecular formula is C74H93Cl2N11O20. The number of carboxylic acids is 2. The van der Waals surface area contributed by atoms with Gasteiger partial charge in [0.25, 0.3) is 5.56 Å². The zero-order valence-electron chi connectivity index (χ0n) is 61.1. The van der Waals surface area contributed by atoms with Crippen LogP contribution in [0.25, 0.3) is 22.3 Å². The first-order valence-electron chi connectivity index (χ1n) is 35.6. The van der Waals surface area contributed by atoms with Crippen LogP contribution in [0.5, 0.6) is 0 Å². The molecule has 2 aromatic carbocycles. The van der Waals surface area contributed by atoms with E-state index >= 15 is 0 Å². The van der Waals surface area contributed by atoms with Crippen LogP contribution < -0.4 is 42.4 Å². The first-order valence-corrected chi connectivity index (χ1v) is 36.3. The molecule has 1 saturated heterocycles. The SMILES string of the molecule is CCc1c2c(nc3ccccc13)-c1cc3c(c(=O)n1C2)COC(=O)[C@@]3(CC)OC(=O)[C@@H](NC(=O)[C@@H]1CCCN1C(=O)[C@H](CC(=O)O)NC(=O)CCOCCOCCOCCNC(=O)NC[C@H](NC(=O)CCCCN(C(=O)OC(C)(C)C)c1cc(C)ccn1)C(=O)N[C@@H](CC(=O)O)c1cc(Cl)cc(Cl)c1)C(C)C. The van der Waals surface area contributed by atoms with Gasteiger partial charge in [0.15, 0.2) is 0 Å². The van der Waals surface area contributed by atoms with Crippen molar-refractivity contribution in [2.24, 2.45) is 5.92 Å². The number of fused-ring (bicyclic) bond motifs is 5. The van der Waals surface area contributed by atoms with E-state index in [1.807, 2.05) is 38.1 Å². The number of urea groups is 1. The van der Waals surface area contributed by atoms with Crippen LogP contribution in [0.3, 0.4) is 0 Å². The maximum absolute atomic E-state index is 14.5. The number of hydrogen-bond donors (Lipinski definition) is 8. The Labute approximate surface area is 628 Å². The van der Waals surface area contributed by atoms with Gasteiger partial charge in [-0.2, -0.15) is 0 Å². The van der Waals surface area contributed by atoms with Crippen molar-refractivity contribution in [2.45, 2.75) is 174 Å². The molecule has 1 fully saturated rings. The standard InChI is InChI=1S/C74H93Cl2N11O20/c1-9-47-48-16-11-12-17-52(48)82-64-49(47)40-87-57(64)36-51-50(67(87)96)41-105-70(99)74(51,10-2)106-69(98)63(42(3)4)84-66(95)56-18-15-25-85(56)68(97)54(38-62(92)93)80-60(89)21-26-102-28-30-104-31-29-103-27-23-78-71(100)79-39-55(65(94)83-53(37-61(90)91)44-33-45(75)35-46(76)34-44)81-59(88)19-13-14-24-86(72(101)107-73(6,7)8)58-32-43(5)20-22-77-58/h11-12,16-17,20,22,32-36,42,53-56,63H,9-10,13-15,18-19,21,23-31,37-41H2,1-8H3,(H,80,89)(H,81,88)(H,83,94)(H,84,95)(H,90,91)(H,92,93)(H2,78,79,100)/t53-,54-,55-,56-,63-,74-/m0/s1. The minimum Gasteiger partial charge on any atom is -0.481 e. The van der Waals surface area contributed by atoms with Gasteiger partial charge in [-0.1, -0.05) is 69.1 Å². The Hall–Kier alpha value is -9.82. The molecule has 107 heavy (non-hydrogen) atoms. The third kappa shape index (κ3) is 22.2. The number of benzene rings is 2. The molecule has 31 nitrogen and oxygen atoms in total. The number of unbranched alkanes of at least 4 members (excludes halogenated alkanes) is 1. The number of likely N-dealkylation sites (tertiary alicyclic amines) is 1. The summed E-state index contributed by atoms with van der Waals surface area (Å²) >= 11 is 12.4. The molecule has 33 heteroatoms. The Balaban J connectivity index is 0.756. The van der Waals surface area contributed by atoms with Crippen molar-refractivity contribution in [1.29, 1.82) is 0 Å². The summed E-state index contributed by atoms with van der Waals surface area (Å²) < 4.78 is 35.6. The van der Waals surface area contributed by atoms with E-state index in [2.05, 4.69) is 36.9 Å². The number of cyclic esters (lactones) is 1. The van der Waals surface area contributed by atoms with E-state index in [9.17, 15) is 67.7 Å². The number of aliphatic carboxylic acids is 2. The highest BCUT2D eigenvalue weighted by atomic mass is 35.5. The molecule has 5 aromatic rings. The molecule has 6 atom stereocenters. The van der Waals surface area contributed by atoms with Crippen LogP contribution in [0.1, 0.15) is 146 Å². The normalized spacial score (nSPS) is 16.2. The maximum Gasteiger partial charge on any atom is 0.416 e. The first-order chi connectivity index (χ1) is 50.9. The number of para-hydroxylation sites is 1. The molecule has 3 aliphatic rings. The molecule has 578 valence electrons. The smallest absolute Gasteiger partial charge is 0.416 e. The first kappa shape index (κ1) is 82.8. The summed E-state index contributed by atoms with van der Waals surface area (Å²) in [5.74, 6) is -8.62. The summed E-state index contributed by atoms with van der Waals surface area (Å²) in [5.41, 5.74) is 1.74. The molecule has 0 bridgehead atoms. The third-order valence-electron chi connectivity index (χ3n) is 18.1. The van der Waals surface area contributed by atoms with Gasteiger partial charge in [0.1, 0.15) is 42.2 Å². The molecular weight excluding hydrogens is 1430 g/mol. The van der Waals surface area contributed by atoms with Gasteiger partial charge in [0, 0.05) is 71.8 Å². The zero-order valence-corrected chi connectivity index (χ0v) is 62.6. The molecule has 3 aliphatic heterocycles. The number of amides is 8. The summed E-state index contributed by atoms with van der Waals surface area (Å²) in [4.78, 5) is 174. The van der Waals surface area contributed by atoms with E-state index in [1.165, 1.54) is 23.1 Å². The second-order valence-corrected chi connectivity index (χ2v) is 28.3. The van der Waals surface area contributed by atoms with Crippen molar-refractivity contribution in [3.63, 3.8) is 0 Å². The van der Waals surface area contributed by atoms with Gasteiger partial charge in [0.2, 0.25) is 35.1 Å². The average Bonchev–Trinajstić information content (AvgIpc) is 1.61. The fourth-order valence-corrected chi connectivity index (χ4v) is 13.3. The van der Waals surface area contributed by atoms with Crippen molar-refractivity contribution >= 4 is 105 Å². The number of carbonyl (C=O) groups excluding carboxylic acids is 9. The lowest BCUT2D eigenvalue weighted by Crippen LogP contribution is -2.57. The quantitative estimate of drug-likeness (QED) is 0.0118. The van der Waals surface area contributed by atoms with Crippen molar-refractivity contribution in [3.8, 4) is 11.4 Å². The molecule has 0 spiro atoms. The molecule has 0 aliphatic carbocycles. The van der Waals surface area contributed by atoms with Crippen molar-refractivity contribution < 1.29 is 91.4 Å². The molecule has 8 rings (SSSR count). The molecule has 0 radical (unpaired) electrons. The second kappa shape index (κ2) is 38.1. The number of hydrogen-bond acceptors (Lipinski definition) is 20. The Morgan fingerprint density at radius 2 is 1.46 bits per heavy atom. The Morgan fingerprint density at radius 1 is 0.785 bits per heavy atom. The van der Waals surface area contributed by atoms with Gasteiger partial charge in [-0.15, -0.1) is 0 Å². The number of carbonyl (C=O) groups is 11. The van der Waals surface area contributed by atoms with Crippen LogP contribution in [0, 0.1) is 12.8 Å². The van der Waals surface area contributed by atoms with Crippen LogP contribution in [0.2, 0.25) is 10.0 Å². The van der Waals surface area contributed by atoms with Gasteiger partial charge in [-0.25, -0.2) is 29.1 Å². The van der Waals surface area contributed by atoms with Crippen molar-refractivity contribution in [1.82, 2.24) is 51.3 Å². The molecule has 0 saturated carbocycles. The highest BCUT2D eigenvalue weighted by Crippen LogP contribution is 2.43. The number of esters is 2. The number of nitrogens with one attached hydrogen (secondary N) is 6. The average molecular weight is 1530 g/mol. The van der Waals surface area contributed by atoms with Gasteiger partial charge in [-0.3, -0.25) is 43.3 Å². The number of nitrogens with zero attached hydrogens (tertiary/aromatic N) is 5. The van der Waals surface area contributed by atoms with E-state index < -0.39 is 138 Å². The van der Waals surface area contributed by atoms with Gasteiger partial charge < -0.3 is 80.0 Å². The predicted molar refractivity (Wildman–Crippen MR) is 390 cm³/mol. The number of aromatic nitrogens is 3. The largest absolute Gasteiger partial charge is 0.481 e. The summed E-state index contributed by atoms with van der Waals surface area (Å²) in [6.07, 6.45) is 0.685. The molecule has 8 amide bonds. The highest BCUT2D eigenvalue weighted by Gasteiger charge is 2.52. The van der Waals surface area contributed by atoms with Crippen molar-refractivity contribution in [3.05, 3.63) is 121 Å². The predicted octanol–water partition coefficient (Wildman–Crippen LogP) is 6.46. The van der Waals surface area contributed by atoms with E-state index in [1.54, 1.807) is 70.5 Å². The van der Waals surface area contributed by atoms with E-state index in [4.69, 9.17) is 56.6 Å². The maximum atomic E-state index is 14.5. The number of aryl methyl sites for hydroxylation is 2. The Bertz CT molecular complexity index is 4170. The van der Waals surface area contributed by atoms with Crippen LogP contribution >= 0.6 is 23.2 Å². The lowest BCUT2D eigenvalue weighted by molar-refractivity contribution is -0.191. The molecule has 8 N–H and O–H groups in total. The Kier molecular flexibility index (Phi) is 29.5. The number of pyridine rings is 3. The minimum atomic E-state index is -2.10. The van der Waals surface area contributed by atoms with E-state index in [-0.39, 0.29) is 131 Å². The summed E-state index contributed by atoms with van der Waals surface area (Å²) in [7, 11) is 0. The number of anilines is 1. The summed E-state index contributed by atoms with van der Waals surface area (Å²) in [6.45, 7) is 13.7. The highest BCUT2D eigenvalue weighted by molar-refractivity contribution is 6.34. The lowest BCUT2D eigenvalue weighted by atomic mass is 9.85. The molecule has 6 heterocycles. The van der Waals surface area contributed by atoms with Crippen LogP contribution in [-0.2, 0) is 96.7 Å². The number of carboxylic acid groups (broad SMARTS) is 2. The van der Waals surface area contributed by atoms with Crippen LogP contribution in [-0.4, -0.2) is 191 Å². The number of halogens is 2. The minimum absolute atomic E-state index is 0.00204. The summed E-state index contributed by atoms with van der Waals surface area (Å²) in [6, 6.07) is 9.67.